The van der Waals surface area contributed by atoms with Crippen LogP contribution >= 0.6 is 0 Å². The van der Waals surface area contributed by atoms with E-state index in [-0.39, 0.29) is 0 Å². The molecule has 0 saturated carbocycles. The highest BCUT2D eigenvalue weighted by Gasteiger charge is 2.22. The van der Waals surface area contributed by atoms with Gasteiger partial charge in [-0.25, -0.2) is 0 Å². The number of unbranched alkanes of at least 4 members (excludes halogenated alkanes) is 1. The maximum atomic E-state index is 5.88. The average Bonchev–Trinajstić information content (AvgIpc) is 2.19. The maximum Gasteiger partial charge on any atom is 0.0599 e. The second kappa shape index (κ2) is 6.61. The second-order valence-corrected chi connectivity index (χ2v) is 6.26. The van der Waals surface area contributed by atoms with E-state index in [4.69, 9.17) is 4.74 Å². The molecular weight excluding hydrogens is 198 g/mol. The molecule has 1 fully saturated rings. The third kappa shape index (κ3) is 5.86. The van der Waals surface area contributed by atoms with Crippen molar-refractivity contribution in [1.82, 2.24) is 4.90 Å². The average molecular weight is 227 g/mol. The lowest BCUT2D eigenvalue weighted by Crippen LogP contribution is -2.41. The van der Waals surface area contributed by atoms with Gasteiger partial charge in [0.1, 0.15) is 0 Å². The Morgan fingerprint density at radius 3 is 2.31 bits per heavy atom. The summed E-state index contributed by atoms with van der Waals surface area (Å²) in [6.45, 7) is 13.8. The van der Waals surface area contributed by atoms with Gasteiger partial charge < -0.3 is 9.64 Å². The van der Waals surface area contributed by atoms with Crippen molar-refractivity contribution < 1.29 is 4.74 Å². The molecule has 16 heavy (non-hydrogen) atoms. The van der Waals surface area contributed by atoms with Gasteiger partial charge in [0.15, 0.2) is 0 Å². The first-order valence-electron chi connectivity index (χ1n) is 6.85. The molecule has 96 valence electrons. The summed E-state index contributed by atoms with van der Waals surface area (Å²) in [4.78, 5) is 2.58. The molecule has 0 atom stereocenters. The van der Waals surface area contributed by atoms with E-state index in [1.165, 1.54) is 45.3 Å². The first-order valence-corrected chi connectivity index (χ1v) is 6.85. The third-order valence-electron chi connectivity index (χ3n) is 3.08. The van der Waals surface area contributed by atoms with Gasteiger partial charge in [0.25, 0.3) is 0 Å². The Balaban J connectivity index is 2.13. The van der Waals surface area contributed by atoms with Crippen LogP contribution in [0.3, 0.4) is 0 Å². The van der Waals surface area contributed by atoms with E-state index in [0.29, 0.717) is 11.5 Å². The van der Waals surface area contributed by atoms with Gasteiger partial charge in [0, 0.05) is 26.2 Å². The molecule has 1 saturated heterocycles. The second-order valence-electron chi connectivity index (χ2n) is 6.26. The Kier molecular flexibility index (Phi) is 5.77. The molecule has 0 bridgehead atoms. The van der Waals surface area contributed by atoms with Crippen LogP contribution in [-0.4, -0.2) is 37.2 Å². The third-order valence-corrected chi connectivity index (χ3v) is 3.08. The van der Waals surface area contributed by atoms with Crippen molar-refractivity contribution in [3.63, 3.8) is 0 Å². The Hall–Kier alpha value is -0.0800. The van der Waals surface area contributed by atoms with Crippen LogP contribution in [0.1, 0.15) is 53.4 Å². The SMILES string of the molecule is CCCCOC1CCN(CC(C)(C)C)CC1. The van der Waals surface area contributed by atoms with Crippen LogP contribution in [0.5, 0.6) is 0 Å². The quantitative estimate of drug-likeness (QED) is 0.668. The van der Waals surface area contributed by atoms with Gasteiger partial charge in [0.05, 0.1) is 6.10 Å². The van der Waals surface area contributed by atoms with Gasteiger partial charge in [-0.2, -0.15) is 0 Å². The monoisotopic (exact) mass is 227 g/mol. The van der Waals surface area contributed by atoms with Crippen molar-refractivity contribution in [1.29, 1.82) is 0 Å². The number of nitrogens with zero attached hydrogens (tertiary/aromatic N) is 1. The summed E-state index contributed by atoms with van der Waals surface area (Å²) in [6.07, 6.45) is 5.42. The largest absolute Gasteiger partial charge is 0.378 e. The molecule has 2 heteroatoms. The highest BCUT2D eigenvalue weighted by molar-refractivity contribution is 4.76. The lowest BCUT2D eigenvalue weighted by Gasteiger charge is -2.35. The molecule has 0 amide bonds. The fourth-order valence-corrected chi connectivity index (χ4v) is 2.30. The van der Waals surface area contributed by atoms with E-state index < -0.39 is 0 Å². The summed E-state index contributed by atoms with van der Waals surface area (Å²) in [5.74, 6) is 0. The smallest absolute Gasteiger partial charge is 0.0599 e. The van der Waals surface area contributed by atoms with Crippen LogP contribution in [0.25, 0.3) is 0 Å². The molecule has 0 spiro atoms. The summed E-state index contributed by atoms with van der Waals surface area (Å²) in [5.41, 5.74) is 0.426. The molecule has 0 N–H and O–H groups in total. The number of piperidine rings is 1. The van der Waals surface area contributed by atoms with Crippen molar-refractivity contribution in [2.24, 2.45) is 5.41 Å². The van der Waals surface area contributed by atoms with E-state index >= 15 is 0 Å². The molecule has 2 nitrogen and oxygen atoms in total. The lowest BCUT2D eigenvalue weighted by molar-refractivity contribution is 0.000502. The topological polar surface area (TPSA) is 12.5 Å². The molecule has 0 aromatic rings. The number of hydrogen-bond donors (Lipinski definition) is 0. The summed E-state index contributed by atoms with van der Waals surface area (Å²) in [7, 11) is 0. The minimum atomic E-state index is 0.426. The first-order chi connectivity index (χ1) is 7.51. The van der Waals surface area contributed by atoms with Gasteiger partial charge in [-0.1, -0.05) is 34.1 Å². The normalized spacial score (nSPS) is 20.2. The van der Waals surface area contributed by atoms with Crippen molar-refractivity contribution >= 4 is 0 Å². The fraction of sp³-hybridized carbons (Fsp3) is 1.00. The van der Waals surface area contributed by atoms with Crippen molar-refractivity contribution in [2.75, 3.05) is 26.2 Å². The van der Waals surface area contributed by atoms with E-state index in [0.717, 1.165) is 6.61 Å². The van der Waals surface area contributed by atoms with Crippen LogP contribution < -0.4 is 0 Å². The molecular formula is C14H29NO. The zero-order chi connectivity index (χ0) is 12.0. The lowest BCUT2D eigenvalue weighted by atomic mass is 9.94. The molecule has 1 aliphatic rings. The molecule has 0 aliphatic carbocycles. The van der Waals surface area contributed by atoms with Crippen LogP contribution in [0.2, 0.25) is 0 Å². The van der Waals surface area contributed by atoms with Gasteiger partial charge in [-0.05, 0) is 24.7 Å². The minimum Gasteiger partial charge on any atom is -0.378 e. The standard InChI is InChI=1S/C14H29NO/c1-5-6-11-16-13-7-9-15(10-8-13)12-14(2,3)4/h13H,5-12H2,1-4H3. The Bertz CT molecular complexity index is 178. The molecule has 1 heterocycles. The van der Waals surface area contributed by atoms with Gasteiger partial charge in [0.2, 0.25) is 0 Å². The van der Waals surface area contributed by atoms with Crippen LogP contribution in [0, 0.1) is 5.41 Å². The van der Waals surface area contributed by atoms with Crippen molar-refractivity contribution in [3.05, 3.63) is 0 Å². The van der Waals surface area contributed by atoms with E-state index in [1.54, 1.807) is 0 Å². The fourth-order valence-electron chi connectivity index (χ4n) is 2.30. The van der Waals surface area contributed by atoms with Crippen LogP contribution in [-0.2, 0) is 4.74 Å². The Morgan fingerprint density at radius 1 is 1.19 bits per heavy atom. The van der Waals surface area contributed by atoms with Crippen LogP contribution in [0.15, 0.2) is 0 Å². The summed E-state index contributed by atoms with van der Waals surface area (Å²) in [5, 5.41) is 0. The number of likely N-dealkylation sites (tertiary alicyclic amines) is 1. The molecule has 0 radical (unpaired) electrons. The number of rotatable bonds is 5. The van der Waals surface area contributed by atoms with E-state index in [1.807, 2.05) is 0 Å². The van der Waals surface area contributed by atoms with Crippen LogP contribution in [0.4, 0.5) is 0 Å². The van der Waals surface area contributed by atoms with Crippen molar-refractivity contribution in [2.45, 2.75) is 59.5 Å². The molecule has 1 aliphatic heterocycles. The zero-order valence-electron chi connectivity index (χ0n) is 11.6. The van der Waals surface area contributed by atoms with E-state index in [9.17, 15) is 0 Å². The number of hydrogen-bond acceptors (Lipinski definition) is 2. The molecule has 0 unspecified atom stereocenters. The highest BCUT2D eigenvalue weighted by atomic mass is 16.5. The summed E-state index contributed by atoms with van der Waals surface area (Å²) >= 11 is 0. The Morgan fingerprint density at radius 2 is 1.81 bits per heavy atom. The minimum absolute atomic E-state index is 0.426. The van der Waals surface area contributed by atoms with Gasteiger partial charge >= 0.3 is 0 Å². The highest BCUT2D eigenvalue weighted by Crippen LogP contribution is 2.20. The summed E-state index contributed by atoms with van der Waals surface area (Å²) in [6, 6.07) is 0. The van der Waals surface area contributed by atoms with Gasteiger partial charge in [-0.15, -0.1) is 0 Å². The Labute approximate surface area is 101 Å². The molecule has 0 aromatic carbocycles. The van der Waals surface area contributed by atoms with E-state index in [2.05, 4.69) is 32.6 Å². The van der Waals surface area contributed by atoms with Gasteiger partial charge in [-0.3, -0.25) is 0 Å². The summed E-state index contributed by atoms with van der Waals surface area (Å²) < 4.78 is 5.88. The maximum absolute atomic E-state index is 5.88. The van der Waals surface area contributed by atoms with Crippen molar-refractivity contribution in [3.8, 4) is 0 Å². The predicted octanol–water partition coefficient (Wildman–Crippen LogP) is 3.31. The molecule has 1 rings (SSSR count). The molecule has 0 aromatic heterocycles. The zero-order valence-corrected chi connectivity index (χ0v) is 11.6. The first kappa shape index (κ1) is 14.0. The predicted molar refractivity (Wildman–Crippen MR) is 69.8 cm³/mol. The number of ether oxygens (including phenoxy) is 1.